The second-order valence-corrected chi connectivity index (χ2v) is 10.5. The average molecular weight is 594 g/mol. The Bertz CT molecular complexity index is 1700. The van der Waals surface area contributed by atoms with E-state index in [-0.39, 0.29) is 37.0 Å². The van der Waals surface area contributed by atoms with Gasteiger partial charge in [0, 0.05) is 67.6 Å². The number of methoxy groups -OCH3 is 1. The molecular formula is C29H32ClN7O5. The molecule has 5 rings (SSSR count). The molecule has 4 heterocycles. The summed E-state index contributed by atoms with van der Waals surface area (Å²) >= 11 is 6.92. The molecule has 0 bridgehead atoms. The van der Waals surface area contributed by atoms with Crippen molar-refractivity contribution in [3.8, 4) is 28.3 Å². The molecule has 0 spiro atoms. The maximum absolute atomic E-state index is 13.1. The van der Waals surface area contributed by atoms with Crippen LogP contribution in [0.15, 0.2) is 47.4 Å². The molecule has 42 heavy (non-hydrogen) atoms. The monoisotopic (exact) mass is 593 g/mol. The van der Waals surface area contributed by atoms with Crippen LogP contribution in [0.3, 0.4) is 0 Å². The Hall–Kier alpha value is -4.26. The van der Waals surface area contributed by atoms with Crippen molar-refractivity contribution in [2.24, 2.45) is 7.05 Å². The summed E-state index contributed by atoms with van der Waals surface area (Å²) in [6.07, 6.45) is 3.11. The quantitative estimate of drug-likeness (QED) is 0.181. The van der Waals surface area contributed by atoms with Crippen LogP contribution in [0.1, 0.15) is 30.7 Å². The number of nitrogens with zero attached hydrogens (tertiary/aromatic N) is 4. The molecule has 0 saturated carbocycles. The van der Waals surface area contributed by atoms with E-state index in [4.69, 9.17) is 26.4 Å². The smallest absolute Gasteiger partial charge is 0.304 e. The largest absolute Gasteiger partial charge is 0.481 e. The van der Waals surface area contributed by atoms with Crippen LogP contribution < -0.4 is 26.2 Å². The molecule has 1 aliphatic rings. The predicted octanol–water partition coefficient (Wildman–Crippen LogP) is 2.36. The molecule has 220 valence electrons. The number of carbonyl (C=O) groups is 2. The lowest BCUT2D eigenvalue weighted by Gasteiger charge is -2.14. The minimum absolute atomic E-state index is 0.0274. The molecule has 13 heteroatoms. The Balaban J connectivity index is 1.37. The van der Waals surface area contributed by atoms with Crippen molar-refractivity contribution in [3.05, 3.63) is 69.4 Å². The molecule has 1 aromatic carbocycles. The second-order valence-electron chi connectivity index (χ2n) is 10.1. The van der Waals surface area contributed by atoms with Gasteiger partial charge in [-0.3, -0.25) is 19.0 Å². The number of rotatable bonds is 12. The Kier molecular flexibility index (Phi) is 8.86. The zero-order valence-electron chi connectivity index (χ0n) is 23.3. The van der Waals surface area contributed by atoms with Crippen molar-refractivity contribution >= 4 is 29.0 Å². The third kappa shape index (κ3) is 6.30. The first-order valence-electron chi connectivity index (χ1n) is 13.6. The lowest BCUT2D eigenvalue weighted by molar-refractivity contribution is -0.136. The molecule has 12 nitrogen and oxygen atoms in total. The Morgan fingerprint density at radius 1 is 1.19 bits per heavy atom. The minimum Gasteiger partial charge on any atom is -0.481 e. The SMILES string of the molecule is COc1nc(-c2cccc(-c3cc4c(=O)n(C)c(CNCCC(=O)O)nn4c3)c2Cl)ccc1CNC[C@H]1CCC(=O)N1. The molecule has 0 aliphatic carbocycles. The van der Waals surface area contributed by atoms with E-state index in [1.165, 1.54) is 9.08 Å². The average Bonchev–Trinajstić information content (AvgIpc) is 3.59. The van der Waals surface area contributed by atoms with Gasteiger partial charge < -0.3 is 25.8 Å². The molecule has 0 radical (unpaired) electrons. The number of nitrogens with one attached hydrogen (secondary N) is 3. The minimum atomic E-state index is -0.900. The topological polar surface area (TPSA) is 152 Å². The van der Waals surface area contributed by atoms with Crippen molar-refractivity contribution in [2.45, 2.75) is 38.4 Å². The molecule has 1 aliphatic heterocycles. The molecule has 4 N–H and O–H groups in total. The zero-order valence-corrected chi connectivity index (χ0v) is 24.1. The van der Waals surface area contributed by atoms with Crippen molar-refractivity contribution < 1.29 is 19.4 Å². The number of carboxylic acid groups (broad SMARTS) is 1. The Morgan fingerprint density at radius 2 is 2.00 bits per heavy atom. The number of hydrogen-bond donors (Lipinski definition) is 4. The highest BCUT2D eigenvalue weighted by molar-refractivity contribution is 6.36. The van der Waals surface area contributed by atoms with Gasteiger partial charge in [-0.15, -0.1) is 0 Å². The van der Waals surface area contributed by atoms with Crippen LogP contribution >= 0.6 is 11.6 Å². The second kappa shape index (κ2) is 12.7. The van der Waals surface area contributed by atoms with Crippen LogP contribution in [-0.4, -0.2) is 62.4 Å². The maximum atomic E-state index is 13.1. The summed E-state index contributed by atoms with van der Waals surface area (Å²) in [5.41, 5.74) is 3.81. The van der Waals surface area contributed by atoms with Crippen molar-refractivity contribution in [2.75, 3.05) is 20.2 Å². The van der Waals surface area contributed by atoms with Gasteiger partial charge in [-0.2, -0.15) is 5.10 Å². The number of ether oxygens (including phenoxy) is 1. The molecular weight excluding hydrogens is 562 g/mol. The number of halogens is 1. The van der Waals surface area contributed by atoms with Gasteiger partial charge in [-0.05, 0) is 18.6 Å². The van der Waals surface area contributed by atoms with E-state index in [9.17, 15) is 14.4 Å². The van der Waals surface area contributed by atoms with E-state index in [2.05, 4.69) is 21.0 Å². The first kappa shape index (κ1) is 29.2. The summed E-state index contributed by atoms with van der Waals surface area (Å²) in [6.45, 7) is 1.71. The fourth-order valence-corrected chi connectivity index (χ4v) is 5.30. The summed E-state index contributed by atoms with van der Waals surface area (Å²) in [7, 11) is 3.20. The van der Waals surface area contributed by atoms with Crippen molar-refractivity contribution in [1.29, 1.82) is 0 Å². The summed E-state index contributed by atoms with van der Waals surface area (Å²) in [6, 6.07) is 11.3. The third-order valence-corrected chi connectivity index (χ3v) is 7.65. The van der Waals surface area contributed by atoms with Crippen LogP contribution in [0.5, 0.6) is 5.88 Å². The number of carbonyl (C=O) groups excluding carboxylic acids is 1. The van der Waals surface area contributed by atoms with E-state index in [0.717, 1.165) is 12.0 Å². The maximum Gasteiger partial charge on any atom is 0.304 e. The van der Waals surface area contributed by atoms with E-state index in [1.807, 2.05) is 30.3 Å². The molecule has 1 atom stereocenters. The van der Waals surface area contributed by atoms with E-state index >= 15 is 0 Å². The van der Waals surface area contributed by atoms with Crippen molar-refractivity contribution in [3.63, 3.8) is 0 Å². The normalized spacial score (nSPS) is 14.8. The summed E-state index contributed by atoms with van der Waals surface area (Å²) < 4.78 is 8.55. The standard InChI is InChI=1S/C29H32ClN7O5/c1-36-24(15-31-11-10-26(39)40)35-37-16-18(12-23(37)29(36)41)20-4-3-5-21(27(20)30)22-8-6-17(28(34-22)42-2)13-32-14-19-7-9-25(38)33-19/h3-6,8,12,16,19,31-32H,7,9-11,13-15H2,1-2H3,(H,33,38)(H,39,40)/t19-/m1/s1. The van der Waals surface area contributed by atoms with Crippen LogP contribution in [-0.2, 0) is 29.7 Å². The number of aromatic nitrogens is 4. The van der Waals surface area contributed by atoms with Crippen LogP contribution in [0.4, 0.5) is 0 Å². The van der Waals surface area contributed by atoms with Crippen molar-refractivity contribution in [1.82, 2.24) is 35.1 Å². The Labute approximate surface area is 246 Å². The van der Waals surface area contributed by atoms with Gasteiger partial charge in [-0.25, -0.2) is 9.50 Å². The van der Waals surface area contributed by atoms with Gasteiger partial charge >= 0.3 is 5.97 Å². The number of fused-ring (bicyclic) bond motifs is 1. The van der Waals surface area contributed by atoms with Gasteiger partial charge in [0.2, 0.25) is 11.8 Å². The van der Waals surface area contributed by atoms with E-state index in [1.54, 1.807) is 26.4 Å². The lowest BCUT2D eigenvalue weighted by Crippen LogP contribution is -2.35. The number of pyridine rings is 1. The lowest BCUT2D eigenvalue weighted by atomic mass is 10.0. The van der Waals surface area contributed by atoms with Gasteiger partial charge in [0.15, 0.2) is 0 Å². The summed E-state index contributed by atoms with van der Waals surface area (Å²) in [5.74, 6) is 0.133. The first-order chi connectivity index (χ1) is 20.2. The van der Waals surface area contributed by atoms with Gasteiger partial charge in [0.25, 0.3) is 5.56 Å². The molecule has 1 amide bonds. The van der Waals surface area contributed by atoms with Gasteiger partial charge in [0.1, 0.15) is 11.3 Å². The van der Waals surface area contributed by atoms with Gasteiger partial charge in [-0.1, -0.05) is 35.9 Å². The first-order valence-corrected chi connectivity index (χ1v) is 14.0. The number of amides is 1. The summed E-state index contributed by atoms with van der Waals surface area (Å²) in [4.78, 5) is 40.0. The highest BCUT2D eigenvalue weighted by atomic mass is 35.5. The van der Waals surface area contributed by atoms with Crippen LogP contribution in [0.2, 0.25) is 5.02 Å². The summed E-state index contributed by atoms with van der Waals surface area (Å²) in [5, 5.41) is 23.2. The third-order valence-electron chi connectivity index (χ3n) is 7.24. The van der Waals surface area contributed by atoms with Crippen LogP contribution in [0, 0.1) is 0 Å². The predicted molar refractivity (Wildman–Crippen MR) is 157 cm³/mol. The molecule has 1 fully saturated rings. The van der Waals surface area contributed by atoms with E-state index < -0.39 is 5.97 Å². The zero-order chi connectivity index (χ0) is 29.8. The number of aliphatic carboxylic acids is 1. The highest BCUT2D eigenvalue weighted by Crippen LogP contribution is 2.37. The molecule has 1 saturated heterocycles. The Morgan fingerprint density at radius 3 is 2.74 bits per heavy atom. The number of benzene rings is 1. The fraction of sp³-hybridized carbons (Fsp3) is 0.345. The number of hydrogen-bond acceptors (Lipinski definition) is 8. The van der Waals surface area contributed by atoms with Crippen LogP contribution in [0.25, 0.3) is 27.9 Å². The molecule has 3 aromatic heterocycles. The molecule has 0 unspecified atom stereocenters. The highest BCUT2D eigenvalue weighted by Gasteiger charge is 2.21. The van der Waals surface area contributed by atoms with E-state index in [0.29, 0.717) is 64.1 Å². The molecule has 4 aromatic rings. The number of carboxylic acids is 1. The fourth-order valence-electron chi connectivity index (χ4n) is 4.97. The van der Waals surface area contributed by atoms with Gasteiger partial charge in [0.05, 0.1) is 30.8 Å².